The zero-order valence-electron chi connectivity index (χ0n) is 11.0. The standard InChI is InChI=1S/C12H23N3O2.ClH/c1-13-7-5-11(16)14-8-6-12(17)15-9-3-2-4-10-15;/h13H,2-10H2,1H3,(H,14,16);1H. The van der Waals surface area contributed by atoms with Crippen molar-refractivity contribution in [2.45, 2.75) is 32.1 Å². The molecule has 0 aliphatic carbocycles. The van der Waals surface area contributed by atoms with Gasteiger partial charge in [-0.15, -0.1) is 12.4 Å². The Kier molecular flexibility index (Phi) is 9.69. The van der Waals surface area contributed by atoms with Gasteiger partial charge in [-0.1, -0.05) is 0 Å². The SMILES string of the molecule is CNCCC(=O)NCCC(=O)N1CCCCC1.Cl. The molecule has 2 N–H and O–H groups in total. The van der Waals surface area contributed by atoms with E-state index in [1.165, 1.54) is 6.42 Å². The van der Waals surface area contributed by atoms with E-state index >= 15 is 0 Å². The molecule has 0 aromatic heterocycles. The summed E-state index contributed by atoms with van der Waals surface area (Å²) in [6.45, 7) is 2.89. The van der Waals surface area contributed by atoms with Gasteiger partial charge in [0, 0.05) is 39.0 Å². The summed E-state index contributed by atoms with van der Waals surface area (Å²) in [4.78, 5) is 24.9. The van der Waals surface area contributed by atoms with Crippen LogP contribution in [-0.4, -0.2) is 49.9 Å². The third-order valence-electron chi connectivity index (χ3n) is 2.97. The van der Waals surface area contributed by atoms with Crippen LogP contribution in [0, 0.1) is 0 Å². The van der Waals surface area contributed by atoms with Gasteiger partial charge in [-0.2, -0.15) is 0 Å². The highest BCUT2D eigenvalue weighted by Gasteiger charge is 2.15. The van der Waals surface area contributed by atoms with Crippen LogP contribution in [0.3, 0.4) is 0 Å². The largest absolute Gasteiger partial charge is 0.356 e. The molecule has 1 heterocycles. The summed E-state index contributed by atoms with van der Waals surface area (Å²) < 4.78 is 0. The highest BCUT2D eigenvalue weighted by molar-refractivity contribution is 5.85. The van der Waals surface area contributed by atoms with Crippen LogP contribution in [0.2, 0.25) is 0 Å². The van der Waals surface area contributed by atoms with Crippen molar-refractivity contribution in [2.75, 3.05) is 33.2 Å². The van der Waals surface area contributed by atoms with E-state index in [2.05, 4.69) is 10.6 Å². The molecule has 5 nitrogen and oxygen atoms in total. The van der Waals surface area contributed by atoms with Crippen molar-refractivity contribution in [2.24, 2.45) is 0 Å². The molecule has 1 fully saturated rings. The van der Waals surface area contributed by atoms with E-state index in [1.54, 1.807) is 0 Å². The van der Waals surface area contributed by atoms with Crippen LogP contribution in [0.15, 0.2) is 0 Å². The van der Waals surface area contributed by atoms with Gasteiger partial charge in [0.15, 0.2) is 0 Å². The fraction of sp³-hybridized carbons (Fsp3) is 0.833. The maximum absolute atomic E-state index is 11.8. The summed E-state index contributed by atoms with van der Waals surface area (Å²) in [6, 6.07) is 0. The highest BCUT2D eigenvalue weighted by Crippen LogP contribution is 2.09. The van der Waals surface area contributed by atoms with Gasteiger partial charge < -0.3 is 15.5 Å². The average Bonchev–Trinajstić information content (AvgIpc) is 2.37. The first kappa shape index (κ1) is 17.2. The number of nitrogens with zero attached hydrogens (tertiary/aromatic N) is 1. The molecule has 0 radical (unpaired) electrons. The summed E-state index contributed by atoms with van der Waals surface area (Å²) in [5.41, 5.74) is 0. The molecular weight excluding hydrogens is 254 g/mol. The van der Waals surface area contributed by atoms with Crippen molar-refractivity contribution >= 4 is 24.2 Å². The first-order valence-electron chi connectivity index (χ1n) is 6.43. The highest BCUT2D eigenvalue weighted by atomic mass is 35.5. The lowest BCUT2D eigenvalue weighted by molar-refractivity contribution is -0.132. The second-order valence-electron chi connectivity index (χ2n) is 4.39. The van der Waals surface area contributed by atoms with Crippen LogP contribution in [0.25, 0.3) is 0 Å². The summed E-state index contributed by atoms with van der Waals surface area (Å²) in [5, 5.41) is 5.67. The number of halogens is 1. The monoisotopic (exact) mass is 277 g/mol. The predicted molar refractivity (Wildman–Crippen MR) is 73.8 cm³/mol. The summed E-state index contributed by atoms with van der Waals surface area (Å²) >= 11 is 0. The predicted octanol–water partition coefficient (Wildman–Crippen LogP) is 0.536. The molecule has 106 valence electrons. The number of rotatable bonds is 6. The maximum Gasteiger partial charge on any atom is 0.224 e. The van der Waals surface area contributed by atoms with E-state index < -0.39 is 0 Å². The summed E-state index contributed by atoms with van der Waals surface area (Å²) in [6.07, 6.45) is 4.34. The van der Waals surface area contributed by atoms with Crippen LogP contribution in [-0.2, 0) is 9.59 Å². The molecule has 0 aromatic carbocycles. The van der Waals surface area contributed by atoms with Gasteiger partial charge in [0.1, 0.15) is 0 Å². The quantitative estimate of drug-likeness (QED) is 0.745. The van der Waals surface area contributed by atoms with Gasteiger partial charge in [0.05, 0.1) is 0 Å². The van der Waals surface area contributed by atoms with Crippen molar-refractivity contribution in [3.8, 4) is 0 Å². The molecule has 2 amide bonds. The topological polar surface area (TPSA) is 61.4 Å². The molecule has 1 rings (SSSR count). The molecule has 18 heavy (non-hydrogen) atoms. The second kappa shape index (κ2) is 10.1. The Morgan fingerprint density at radius 2 is 1.72 bits per heavy atom. The fourth-order valence-corrected chi connectivity index (χ4v) is 1.94. The zero-order valence-corrected chi connectivity index (χ0v) is 11.9. The number of nitrogens with one attached hydrogen (secondary N) is 2. The third-order valence-corrected chi connectivity index (χ3v) is 2.97. The molecule has 0 aromatic rings. The van der Waals surface area contributed by atoms with Gasteiger partial charge in [0.25, 0.3) is 0 Å². The number of hydrogen-bond acceptors (Lipinski definition) is 3. The molecular formula is C12H24ClN3O2. The number of amides is 2. The van der Waals surface area contributed by atoms with Crippen molar-refractivity contribution in [1.82, 2.24) is 15.5 Å². The Bertz CT molecular complexity index is 256. The third kappa shape index (κ3) is 6.81. The van der Waals surface area contributed by atoms with E-state index in [9.17, 15) is 9.59 Å². The van der Waals surface area contributed by atoms with Crippen LogP contribution < -0.4 is 10.6 Å². The second-order valence-corrected chi connectivity index (χ2v) is 4.39. The molecule has 0 unspecified atom stereocenters. The van der Waals surface area contributed by atoms with Gasteiger partial charge in [-0.05, 0) is 26.3 Å². The first-order valence-corrected chi connectivity index (χ1v) is 6.43. The van der Waals surface area contributed by atoms with E-state index in [0.717, 1.165) is 25.9 Å². The Hall–Kier alpha value is -0.810. The summed E-state index contributed by atoms with van der Waals surface area (Å²) in [7, 11) is 1.81. The van der Waals surface area contributed by atoms with Gasteiger partial charge in [0.2, 0.25) is 11.8 Å². The lowest BCUT2D eigenvalue weighted by Crippen LogP contribution is -2.38. The van der Waals surface area contributed by atoms with Gasteiger partial charge >= 0.3 is 0 Å². The summed E-state index contributed by atoms with van der Waals surface area (Å²) in [5.74, 6) is 0.171. The van der Waals surface area contributed by atoms with Crippen molar-refractivity contribution in [3.63, 3.8) is 0 Å². The average molecular weight is 278 g/mol. The number of likely N-dealkylation sites (tertiary alicyclic amines) is 1. The van der Waals surface area contributed by atoms with Crippen molar-refractivity contribution in [1.29, 1.82) is 0 Å². The van der Waals surface area contributed by atoms with Crippen molar-refractivity contribution < 1.29 is 9.59 Å². The molecule has 0 atom stereocenters. The lowest BCUT2D eigenvalue weighted by Gasteiger charge is -2.26. The minimum absolute atomic E-state index is 0. The Morgan fingerprint density at radius 3 is 2.33 bits per heavy atom. The number of carbonyl (C=O) groups is 2. The first-order chi connectivity index (χ1) is 8.24. The van der Waals surface area contributed by atoms with Gasteiger partial charge in [-0.3, -0.25) is 9.59 Å². The molecule has 1 aliphatic rings. The van der Waals surface area contributed by atoms with E-state index in [1.807, 2.05) is 11.9 Å². The van der Waals surface area contributed by atoms with Crippen molar-refractivity contribution in [3.05, 3.63) is 0 Å². The molecule has 6 heteroatoms. The molecule has 0 bridgehead atoms. The van der Waals surface area contributed by atoms with Crippen LogP contribution in [0.1, 0.15) is 32.1 Å². The van der Waals surface area contributed by atoms with Gasteiger partial charge in [-0.25, -0.2) is 0 Å². The van der Waals surface area contributed by atoms with Crippen LogP contribution in [0.5, 0.6) is 0 Å². The zero-order chi connectivity index (χ0) is 12.5. The molecule has 0 spiro atoms. The Morgan fingerprint density at radius 1 is 1.06 bits per heavy atom. The van der Waals surface area contributed by atoms with E-state index in [4.69, 9.17) is 0 Å². The molecule has 0 saturated carbocycles. The van der Waals surface area contributed by atoms with E-state index in [0.29, 0.717) is 25.9 Å². The number of hydrogen-bond donors (Lipinski definition) is 2. The minimum Gasteiger partial charge on any atom is -0.356 e. The maximum atomic E-state index is 11.8. The Balaban J connectivity index is 0.00000289. The minimum atomic E-state index is 0. The molecule has 1 aliphatic heterocycles. The fourth-order valence-electron chi connectivity index (χ4n) is 1.94. The number of carbonyl (C=O) groups excluding carboxylic acids is 2. The molecule has 1 saturated heterocycles. The Labute approximate surface area is 115 Å². The normalized spacial score (nSPS) is 14.8. The van der Waals surface area contributed by atoms with E-state index in [-0.39, 0.29) is 24.2 Å². The van der Waals surface area contributed by atoms with Crippen LogP contribution in [0.4, 0.5) is 0 Å². The number of piperidine rings is 1. The van der Waals surface area contributed by atoms with Crippen LogP contribution >= 0.6 is 12.4 Å². The lowest BCUT2D eigenvalue weighted by atomic mass is 10.1. The smallest absolute Gasteiger partial charge is 0.224 e.